The molecule has 76 valence electrons. The molecule has 0 N–H and O–H groups in total. The average molecular weight is 180 g/mol. The Bertz CT molecular complexity index is 133. The zero-order chi connectivity index (χ0) is 9.94. The summed E-state index contributed by atoms with van der Waals surface area (Å²) in [5.74, 6) is 0.608. The van der Waals surface area contributed by atoms with E-state index in [9.17, 15) is 0 Å². The highest BCUT2D eigenvalue weighted by Gasteiger charge is 1.96. The first-order valence-corrected chi connectivity index (χ1v) is 5.64. The SMILES string of the molecule is C=CC(C=CCCCC)CCCC. The molecule has 0 saturated heterocycles. The topological polar surface area (TPSA) is 0 Å². The van der Waals surface area contributed by atoms with E-state index in [0.717, 1.165) is 0 Å². The summed E-state index contributed by atoms with van der Waals surface area (Å²) in [7, 11) is 0. The van der Waals surface area contributed by atoms with Gasteiger partial charge in [-0.3, -0.25) is 0 Å². The van der Waals surface area contributed by atoms with Crippen molar-refractivity contribution in [3.05, 3.63) is 24.8 Å². The van der Waals surface area contributed by atoms with Crippen molar-refractivity contribution in [2.75, 3.05) is 0 Å². The molecule has 0 heteroatoms. The van der Waals surface area contributed by atoms with E-state index in [1.807, 2.05) is 0 Å². The van der Waals surface area contributed by atoms with Crippen molar-refractivity contribution < 1.29 is 0 Å². The van der Waals surface area contributed by atoms with Crippen LogP contribution < -0.4 is 0 Å². The predicted octanol–water partition coefficient (Wildman–Crippen LogP) is 4.73. The minimum Gasteiger partial charge on any atom is -0.102 e. The molecule has 0 aromatic heterocycles. The number of hydrogen-bond donors (Lipinski definition) is 0. The van der Waals surface area contributed by atoms with Crippen LogP contribution in [0.4, 0.5) is 0 Å². The van der Waals surface area contributed by atoms with Crippen molar-refractivity contribution in [1.29, 1.82) is 0 Å². The van der Waals surface area contributed by atoms with E-state index < -0.39 is 0 Å². The molecule has 1 atom stereocenters. The van der Waals surface area contributed by atoms with E-state index in [4.69, 9.17) is 0 Å². The molecule has 0 aromatic rings. The van der Waals surface area contributed by atoms with E-state index in [-0.39, 0.29) is 0 Å². The van der Waals surface area contributed by atoms with Gasteiger partial charge in [0.25, 0.3) is 0 Å². The Morgan fingerprint density at radius 3 is 2.38 bits per heavy atom. The summed E-state index contributed by atoms with van der Waals surface area (Å²) in [5, 5.41) is 0. The third-order valence-corrected chi connectivity index (χ3v) is 2.30. The highest BCUT2D eigenvalue weighted by molar-refractivity contribution is 4.96. The van der Waals surface area contributed by atoms with Gasteiger partial charge in [0.15, 0.2) is 0 Å². The lowest BCUT2D eigenvalue weighted by atomic mass is 10.0. The Hall–Kier alpha value is -0.520. The minimum atomic E-state index is 0.608. The van der Waals surface area contributed by atoms with Gasteiger partial charge in [-0.25, -0.2) is 0 Å². The summed E-state index contributed by atoms with van der Waals surface area (Å²) in [4.78, 5) is 0. The number of allylic oxidation sites excluding steroid dienone is 3. The molecule has 1 unspecified atom stereocenters. The molecule has 0 aliphatic carbocycles. The third kappa shape index (κ3) is 7.83. The molecule has 0 aliphatic rings. The molecule has 0 rings (SSSR count). The first kappa shape index (κ1) is 12.5. The van der Waals surface area contributed by atoms with Gasteiger partial charge in [-0.05, 0) is 18.8 Å². The van der Waals surface area contributed by atoms with Crippen LogP contribution in [0.5, 0.6) is 0 Å². The number of rotatable bonds is 8. The van der Waals surface area contributed by atoms with Gasteiger partial charge in [-0.15, -0.1) is 6.58 Å². The fourth-order valence-electron chi connectivity index (χ4n) is 1.33. The molecule has 13 heavy (non-hydrogen) atoms. The summed E-state index contributed by atoms with van der Waals surface area (Å²) in [6.07, 6.45) is 14.4. The van der Waals surface area contributed by atoms with Crippen LogP contribution >= 0.6 is 0 Å². The zero-order valence-corrected chi connectivity index (χ0v) is 9.26. The van der Waals surface area contributed by atoms with Crippen LogP contribution in [-0.4, -0.2) is 0 Å². The molecule has 0 aromatic carbocycles. The molecule has 0 saturated carbocycles. The van der Waals surface area contributed by atoms with Crippen molar-refractivity contribution in [1.82, 2.24) is 0 Å². The molecule has 0 radical (unpaired) electrons. The second-order valence-electron chi connectivity index (χ2n) is 3.61. The second-order valence-corrected chi connectivity index (χ2v) is 3.61. The van der Waals surface area contributed by atoms with Gasteiger partial charge in [0, 0.05) is 0 Å². The summed E-state index contributed by atoms with van der Waals surface area (Å²) in [6.45, 7) is 8.33. The van der Waals surface area contributed by atoms with Crippen LogP contribution in [0.3, 0.4) is 0 Å². The molecular formula is C13H24. The fraction of sp³-hybridized carbons (Fsp3) is 0.692. The van der Waals surface area contributed by atoms with Gasteiger partial charge in [-0.2, -0.15) is 0 Å². The Morgan fingerprint density at radius 1 is 1.15 bits per heavy atom. The first-order valence-electron chi connectivity index (χ1n) is 5.64. The highest BCUT2D eigenvalue weighted by atomic mass is 14.0. The van der Waals surface area contributed by atoms with E-state index in [2.05, 4.69) is 38.7 Å². The molecule has 0 heterocycles. The average Bonchev–Trinajstić information content (AvgIpc) is 2.17. The van der Waals surface area contributed by atoms with Crippen molar-refractivity contribution in [3.63, 3.8) is 0 Å². The maximum absolute atomic E-state index is 3.86. The lowest BCUT2D eigenvalue weighted by molar-refractivity contribution is 0.640. The lowest BCUT2D eigenvalue weighted by Gasteiger charge is -2.05. The molecule has 0 aliphatic heterocycles. The highest BCUT2D eigenvalue weighted by Crippen LogP contribution is 2.11. The molecular weight excluding hydrogens is 156 g/mol. The Morgan fingerprint density at radius 2 is 1.85 bits per heavy atom. The zero-order valence-electron chi connectivity index (χ0n) is 9.26. The van der Waals surface area contributed by atoms with Gasteiger partial charge < -0.3 is 0 Å². The minimum absolute atomic E-state index is 0.608. The van der Waals surface area contributed by atoms with Gasteiger partial charge in [0.05, 0.1) is 0 Å². The van der Waals surface area contributed by atoms with Crippen molar-refractivity contribution in [3.8, 4) is 0 Å². The number of unbranched alkanes of at least 4 members (excludes halogenated alkanes) is 3. The van der Waals surface area contributed by atoms with Crippen LogP contribution in [0.15, 0.2) is 24.8 Å². The summed E-state index contributed by atoms with van der Waals surface area (Å²) < 4.78 is 0. The van der Waals surface area contributed by atoms with Crippen LogP contribution in [0.1, 0.15) is 52.4 Å². The van der Waals surface area contributed by atoms with Crippen molar-refractivity contribution >= 4 is 0 Å². The molecule has 0 bridgehead atoms. The predicted molar refractivity (Wildman–Crippen MR) is 61.9 cm³/mol. The van der Waals surface area contributed by atoms with Crippen LogP contribution in [0, 0.1) is 5.92 Å². The molecule has 0 nitrogen and oxygen atoms in total. The van der Waals surface area contributed by atoms with Gasteiger partial charge >= 0.3 is 0 Å². The van der Waals surface area contributed by atoms with Crippen LogP contribution in [0.2, 0.25) is 0 Å². The normalized spacial score (nSPS) is 13.4. The van der Waals surface area contributed by atoms with Gasteiger partial charge in [0.1, 0.15) is 0 Å². The number of hydrogen-bond acceptors (Lipinski definition) is 0. The first-order chi connectivity index (χ1) is 6.35. The fourth-order valence-corrected chi connectivity index (χ4v) is 1.33. The summed E-state index contributed by atoms with van der Waals surface area (Å²) >= 11 is 0. The molecule has 0 spiro atoms. The van der Waals surface area contributed by atoms with Crippen LogP contribution in [0.25, 0.3) is 0 Å². The van der Waals surface area contributed by atoms with E-state index >= 15 is 0 Å². The van der Waals surface area contributed by atoms with Crippen molar-refractivity contribution in [2.24, 2.45) is 5.92 Å². The van der Waals surface area contributed by atoms with Gasteiger partial charge in [-0.1, -0.05) is 57.8 Å². The van der Waals surface area contributed by atoms with E-state index in [1.165, 1.54) is 38.5 Å². The molecule has 0 fully saturated rings. The maximum Gasteiger partial charge on any atom is -0.00562 e. The Labute approximate surface area is 83.7 Å². The quantitative estimate of drug-likeness (QED) is 0.374. The summed E-state index contributed by atoms with van der Waals surface area (Å²) in [6, 6.07) is 0. The van der Waals surface area contributed by atoms with E-state index in [1.54, 1.807) is 0 Å². The maximum atomic E-state index is 3.86. The largest absolute Gasteiger partial charge is 0.102 e. The van der Waals surface area contributed by atoms with Crippen LogP contribution in [-0.2, 0) is 0 Å². The standard InChI is InChI=1S/C13H24/c1-4-7-9-10-12-13(6-3)11-8-5-2/h6,10,12-13H,3-5,7-9,11H2,1-2H3. The van der Waals surface area contributed by atoms with Crippen molar-refractivity contribution in [2.45, 2.75) is 52.4 Å². The lowest BCUT2D eigenvalue weighted by Crippen LogP contribution is -1.90. The van der Waals surface area contributed by atoms with E-state index in [0.29, 0.717) is 5.92 Å². The smallest absolute Gasteiger partial charge is 0.00562 e. The Balaban J connectivity index is 3.56. The Kier molecular flexibility index (Phi) is 9.18. The monoisotopic (exact) mass is 180 g/mol. The summed E-state index contributed by atoms with van der Waals surface area (Å²) in [5.41, 5.74) is 0. The second kappa shape index (κ2) is 9.57. The third-order valence-electron chi connectivity index (χ3n) is 2.30. The van der Waals surface area contributed by atoms with Gasteiger partial charge in [0.2, 0.25) is 0 Å². The molecule has 0 amide bonds.